The number of carbonyl (C=O) groups excluding carboxylic acids is 1. The van der Waals surface area contributed by atoms with Crippen LogP contribution in [0, 0.1) is 5.92 Å². The summed E-state index contributed by atoms with van der Waals surface area (Å²) in [6.07, 6.45) is 5.28. The number of nitrogens with one attached hydrogen (secondary N) is 1. The van der Waals surface area contributed by atoms with Gasteiger partial charge in [0, 0.05) is 30.8 Å². The van der Waals surface area contributed by atoms with E-state index in [1.165, 1.54) is 12.8 Å². The van der Waals surface area contributed by atoms with Gasteiger partial charge >= 0.3 is 0 Å². The molecule has 1 aliphatic heterocycles. The van der Waals surface area contributed by atoms with Crippen molar-refractivity contribution in [3.63, 3.8) is 0 Å². The zero-order chi connectivity index (χ0) is 14.5. The first-order valence-electron chi connectivity index (χ1n) is 7.43. The van der Waals surface area contributed by atoms with Crippen molar-refractivity contribution in [3.8, 4) is 0 Å². The third-order valence-corrected chi connectivity index (χ3v) is 4.34. The number of hydrogen-bond acceptors (Lipinski definition) is 2. The predicted octanol–water partition coefficient (Wildman–Crippen LogP) is 2.64. The highest BCUT2D eigenvalue weighted by atomic mass is 79.9. The van der Waals surface area contributed by atoms with E-state index in [-0.39, 0.29) is 5.91 Å². The van der Waals surface area contributed by atoms with Gasteiger partial charge in [-0.15, -0.1) is 0 Å². The SMILES string of the molecule is CCCN(CC1CCNCC1)C(=O)c1cc(Br)cn1C. The zero-order valence-corrected chi connectivity index (χ0v) is 13.9. The summed E-state index contributed by atoms with van der Waals surface area (Å²) in [7, 11) is 1.92. The minimum absolute atomic E-state index is 0.151. The number of hydrogen-bond donors (Lipinski definition) is 1. The first-order valence-corrected chi connectivity index (χ1v) is 8.23. The molecule has 1 fully saturated rings. The Hall–Kier alpha value is -0.810. The Morgan fingerprint density at radius 2 is 2.20 bits per heavy atom. The summed E-state index contributed by atoms with van der Waals surface area (Å²) in [6.45, 7) is 6.01. The maximum Gasteiger partial charge on any atom is 0.270 e. The summed E-state index contributed by atoms with van der Waals surface area (Å²) in [5.74, 6) is 0.786. The van der Waals surface area contributed by atoms with Gasteiger partial charge in [-0.25, -0.2) is 0 Å². The van der Waals surface area contributed by atoms with E-state index in [4.69, 9.17) is 0 Å². The Morgan fingerprint density at radius 3 is 2.75 bits per heavy atom. The van der Waals surface area contributed by atoms with Crippen molar-refractivity contribution in [3.05, 3.63) is 22.4 Å². The number of amides is 1. The number of piperidine rings is 1. The van der Waals surface area contributed by atoms with E-state index in [0.717, 1.165) is 42.8 Å². The van der Waals surface area contributed by atoms with Crippen molar-refractivity contribution in [1.82, 2.24) is 14.8 Å². The van der Waals surface area contributed by atoms with Crippen LogP contribution < -0.4 is 5.32 Å². The number of carbonyl (C=O) groups is 1. The van der Waals surface area contributed by atoms with Gasteiger partial charge < -0.3 is 14.8 Å². The van der Waals surface area contributed by atoms with Crippen molar-refractivity contribution in [1.29, 1.82) is 0 Å². The van der Waals surface area contributed by atoms with Crippen LogP contribution in [0.25, 0.3) is 0 Å². The standard InChI is InChI=1S/C15H24BrN3O/c1-3-8-19(10-12-4-6-17-7-5-12)15(20)14-9-13(16)11-18(14)2/h9,11-12,17H,3-8,10H2,1-2H3. The smallest absolute Gasteiger partial charge is 0.270 e. The van der Waals surface area contributed by atoms with E-state index in [1.807, 2.05) is 28.8 Å². The molecule has 0 atom stereocenters. The molecule has 1 aromatic heterocycles. The Kier molecular flexibility index (Phi) is 5.66. The van der Waals surface area contributed by atoms with Gasteiger partial charge in [0.1, 0.15) is 5.69 Å². The fourth-order valence-electron chi connectivity index (χ4n) is 2.82. The molecule has 0 bridgehead atoms. The van der Waals surface area contributed by atoms with Crippen LogP contribution in [-0.4, -0.2) is 41.6 Å². The molecule has 1 saturated heterocycles. The molecule has 0 radical (unpaired) electrons. The Balaban J connectivity index is 2.06. The summed E-state index contributed by atoms with van der Waals surface area (Å²) in [5, 5.41) is 3.38. The average Bonchev–Trinajstić information content (AvgIpc) is 2.77. The van der Waals surface area contributed by atoms with Crippen LogP contribution in [0.3, 0.4) is 0 Å². The van der Waals surface area contributed by atoms with Gasteiger partial charge in [-0.05, 0) is 60.3 Å². The second kappa shape index (κ2) is 7.27. The molecule has 1 N–H and O–H groups in total. The molecule has 20 heavy (non-hydrogen) atoms. The van der Waals surface area contributed by atoms with Crippen molar-refractivity contribution in [2.75, 3.05) is 26.2 Å². The molecule has 0 unspecified atom stereocenters. The molecular formula is C15H24BrN3O. The van der Waals surface area contributed by atoms with Crippen LogP contribution in [0.2, 0.25) is 0 Å². The number of aryl methyl sites for hydroxylation is 1. The van der Waals surface area contributed by atoms with Crippen LogP contribution >= 0.6 is 15.9 Å². The lowest BCUT2D eigenvalue weighted by Gasteiger charge is -2.30. The number of rotatable bonds is 5. The summed E-state index contributed by atoms with van der Waals surface area (Å²) in [6, 6.07) is 1.91. The molecule has 112 valence electrons. The van der Waals surface area contributed by atoms with Crippen LogP contribution in [0.15, 0.2) is 16.7 Å². The Labute approximate surface area is 129 Å². The normalized spacial score (nSPS) is 16.4. The Morgan fingerprint density at radius 1 is 1.50 bits per heavy atom. The third kappa shape index (κ3) is 3.85. The van der Waals surface area contributed by atoms with E-state index < -0.39 is 0 Å². The van der Waals surface area contributed by atoms with Crippen LogP contribution in [0.1, 0.15) is 36.7 Å². The van der Waals surface area contributed by atoms with E-state index in [1.54, 1.807) is 0 Å². The molecule has 4 nitrogen and oxygen atoms in total. The molecule has 1 aliphatic rings. The molecule has 5 heteroatoms. The van der Waals surface area contributed by atoms with Gasteiger partial charge in [-0.1, -0.05) is 6.92 Å². The molecule has 0 aromatic carbocycles. The lowest BCUT2D eigenvalue weighted by atomic mass is 9.97. The largest absolute Gasteiger partial charge is 0.345 e. The number of aromatic nitrogens is 1. The van der Waals surface area contributed by atoms with Crippen LogP contribution in [-0.2, 0) is 7.05 Å². The van der Waals surface area contributed by atoms with E-state index in [9.17, 15) is 4.79 Å². The first-order chi connectivity index (χ1) is 9.61. The van der Waals surface area contributed by atoms with Crippen molar-refractivity contribution in [2.45, 2.75) is 26.2 Å². The highest BCUT2D eigenvalue weighted by molar-refractivity contribution is 9.10. The summed E-state index contributed by atoms with van der Waals surface area (Å²) >= 11 is 3.44. The quantitative estimate of drug-likeness (QED) is 0.893. The van der Waals surface area contributed by atoms with Gasteiger partial charge in [-0.3, -0.25) is 4.79 Å². The summed E-state index contributed by atoms with van der Waals surface area (Å²) in [5.41, 5.74) is 0.763. The fourth-order valence-corrected chi connectivity index (χ4v) is 3.34. The molecule has 1 aromatic rings. The highest BCUT2D eigenvalue weighted by Crippen LogP contribution is 2.19. The van der Waals surface area contributed by atoms with E-state index in [2.05, 4.69) is 28.2 Å². The minimum atomic E-state index is 0.151. The molecule has 2 rings (SSSR count). The Bertz CT molecular complexity index is 452. The fraction of sp³-hybridized carbons (Fsp3) is 0.667. The topological polar surface area (TPSA) is 37.3 Å². The van der Waals surface area contributed by atoms with Crippen LogP contribution in [0.5, 0.6) is 0 Å². The second-order valence-corrected chi connectivity index (χ2v) is 6.51. The summed E-state index contributed by atoms with van der Waals surface area (Å²) in [4.78, 5) is 14.7. The third-order valence-electron chi connectivity index (χ3n) is 3.91. The monoisotopic (exact) mass is 341 g/mol. The van der Waals surface area contributed by atoms with Crippen molar-refractivity contribution in [2.24, 2.45) is 13.0 Å². The predicted molar refractivity (Wildman–Crippen MR) is 84.9 cm³/mol. The zero-order valence-electron chi connectivity index (χ0n) is 12.4. The highest BCUT2D eigenvalue weighted by Gasteiger charge is 2.23. The van der Waals surface area contributed by atoms with Gasteiger partial charge in [0.05, 0.1) is 0 Å². The maximum atomic E-state index is 12.7. The molecule has 0 aliphatic carbocycles. The number of nitrogens with zero attached hydrogens (tertiary/aromatic N) is 2. The van der Waals surface area contributed by atoms with E-state index in [0.29, 0.717) is 5.92 Å². The molecule has 0 saturated carbocycles. The van der Waals surface area contributed by atoms with E-state index >= 15 is 0 Å². The molecule has 0 spiro atoms. The molecular weight excluding hydrogens is 318 g/mol. The van der Waals surface area contributed by atoms with Gasteiger partial charge in [0.15, 0.2) is 0 Å². The van der Waals surface area contributed by atoms with Gasteiger partial charge in [0.2, 0.25) is 0 Å². The lowest BCUT2D eigenvalue weighted by Crippen LogP contribution is -2.40. The summed E-state index contributed by atoms with van der Waals surface area (Å²) < 4.78 is 2.86. The van der Waals surface area contributed by atoms with Crippen molar-refractivity contribution < 1.29 is 4.79 Å². The van der Waals surface area contributed by atoms with Crippen LogP contribution in [0.4, 0.5) is 0 Å². The van der Waals surface area contributed by atoms with Crippen molar-refractivity contribution >= 4 is 21.8 Å². The second-order valence-electron chi connectivity index (χ2n) is 5.60. The van der Waals surface area contributed by atoms with Gasteiger partial charge in [0.25, 0.3) is 5.91 Å². The lowest BCUT2D eigenvalue weighted by molar-refractivity contribution is 0.0707. The van der Waals surface area contributed by atoms with Gasteiger partial charge in [-0.2, -0.15) is 0 Å². The molecule has 2 heterocycles. The number of halogens is 1. The minimum Gasteiger partial charge on any atom is -0.345 e. The average molecular weight is 342 g/mol. The molecule has 1 amide bonds. The maximum absolute atomic E-state index is 12.7. The first kappa shape index (κ1) is 15.6.